The molecule has 0 bridgehead atoms. The molecule has 0 amide bonds. The zero-order valence-electron chi connectivity index (χ0n) is 14.1. The first-order chi connectivity index (χ1) is 13.3. The summed E-state index contributed by atoms with van der Waals surface area (Å²) in [5.41, 5.74) is 0.978. The number of rotatable bonds is 4. The highest BCUT2D eigenvalue weighted by atomic mass is 35.5. The number of nitrogens with one attached hydrogen (secondary N) is 2. The van der Waals surface area contributed by atoms with Crippen LogP contribution in [0.25, 0.3) is 10.1 Å². The van der Waals surface area contributed by atoms with E-state index in [9.17, 15) is 14.9 Å². The Morgan fingerprint density at radius 3 is 2.61 bits per heavy atom. The number of fused-ring (bicyclic) bond motifs is 1. The summed E-state index contributed by atoms with van der Waals surface area (Å²) in [6.45, 7) is 0. The van der Waals surface area contributed by atoms with Gasteiger partial charge in [0.25, 0.3) is 5.69 Å². The lowest BCUT2D eigenvalue weighted by atomic mass is 10.2. The lowest BCUT2D eigenvalue weighted by molar-refractivity contribution is -0.384. The number of benzene rings is 2. The maximum absolute atomic E-state index is 11.8. The fourth-order valence-corrected chi connectivity index (χ4v) is 4.29. The van der Waals surface area contributed by atoms with E-state index in [0.29, 0.717) is 21.3 Å². The van der Waals surface area contributed by atoms with Crippen molar-refractivity contribution < 1.29 is 14.5 Å². The Kier molecular flexibility index (Phi) is 5.99. The normalized spacial score (nSPS) is 10.5. The van der Waals surface area contributed by atoms with Crippen molar-refractivity contribution in [2.45, 2.75) is 0 Å². The minimum absolute atomic E-state index is 0.115. The summed E-state index contributed by atoms with van der Waals surface area (Å²) in [4.78, 5) is 22.3. The SMILES string of the molecule is COC(=O)c1sc2cc(NC(=S)Nc3ccc([N+](=O)[O-])cc3Cl)ccc2c1Cl. The molecular weight excluding hydrogens is 445 g/mol. The number of nitro benzene ring substituents is 1. The molecule has 3 rings (SSSR count). The van der Waals surface area contributed by atoms with Crippen LogP contribution in [-0.2, 0) is 4.74 Å². The van der Waals surface area contributed by atoms with E-state index in [4.69, 9.17) is 40.2 Å². The molecule has 0 aliphatic carbocycles. The third kappa shape index (κ3) is 4.17. The molecule has 1 aromatic heterocycles. The Hall–Kier alpha value is -2.46. The quantitative estimate of drug-likeness (QED) is 0.225. The van der Waals surface area contributed by atoms with Crippen molar-refractivity contribution in [1.82, 2.24) is 0 Å². The van der Waals surface area contributed by atoms with Crippen molar-refractivity contribution in [3.8, 4) is 0 Å². The third-order valence-electron chi connectivity index (χ3n) is 3.67. The summed E-state index contributed by atoms with van der Waals surface area (Å²) in [6, 6.07) is 9.35. The number of hydrogen-bond acceptors (Lipinski definition) is 6. The van der Waals surface area contributed by atoms with Crippen LogP contribution in [0.4, 0.5) is 17.1 Å². The van der Waals surface area contributed by atoms with Gasteiger partial charge in [-0.3, -0.25) is 10.1 Å². The summed E-state index contributed by atoms with van der Waals surface area (Å²) < 4.78 is 5.51. The molecule has 0 saturated heterocycles. The fraction of sp³-hybridized carbons (Fsp3) is 0.0588. The molecule has 2 aromatic carbocycles. The second kappa shape index (κ2) is 8.27. The first-order valence-electron chi connectivity index (χ1n) is 7.62. The topological polar surface area (TPSA) is 93.5 Å². The Labute approximate surface area is 178 Å². The fourth-order valence-electron chi connectivity index (χ4n) is 2.37. The predicted molar refractivity (Wildman–Crippen MR) is 116 cm³/mol. The van der Waals surface area contributed by atoms with Gasteiger partial charge < -0.3 is 15.4 Å². The Morgan fingerprint density at radius 2 is 1.96 bits per heavy atom. The van der Waals surface area contributed by atoms with E-state index in [0.717, 1.165) is 10.1 Å². The molecular formula is C17H11Cl2N3O4S2. The highest BCUT2D eigenvalue weighted by molar-refractivity contribution is 7.80. The van der Waals surface area contributed by atoms with Gasteiger partial charge in [0.15, 0.2) is 5.11 Å². The van der Waals surface area contributed by atoms with E-state index >= 15 is 0 Å². The molecule has 0 aliphatic rings. The molecule has 28 heavy (non-hydrogen) atoms. The molecule has 0 saturated carbocycles. The largest absolute Gasteiger partial charge is 0.465 e. The molecule has 11 heteroatoms. The highest BCUT2D eigenvalue weighted by Crippen LogP contribution is 2.37. The molecule has 0 atom stereocenters. The van der Waals surface area contributed by atoms with Gasteiger partial charge in [0.05, 0.1) is 27.8 Å². The molecule has 0 spiro atoms. The summed E-state index contributed by atoms with van der Waals surface area (Å²) in [6.07, 6.45) is 0. The van der Waals surface area contributed by atoms with Gasteiger partial charge >= 0.3 is 5.97 Å². The van der Waals surface area contributed by atoms with E-state index in [1.165, 1.54) is 36.6 Å². The number of halogens is 2. The van der Waals surface area contributed by atoms with Crippen molar-refractivity contribution >= 4 is 85.0 Å². The molecule has 1 heterocycles. The number of carbonyl (C=O) groups excluding carboxylic acids is 1. The average Bonchev–Trinajstić information content (AvgIpc) is 2.98. The average molecular weight is 456 g/mol. The Bertz CT molecular complexity index is 1120. The van der Waals surface area contributed by atoms with Gasteiger partial charge in [-0.2, -0.15) is 0 Å². The van der Waals surface area contributed by atoms with Gasteiger partial charge in [0.2, 0.25) is 0 Å². The number of hydrogen-bond donors (Lipinski definition) is 2. The van der Waals surface area contributed by atoms with Gasteiger partial charge in [-0.05, 0) is 36.5 Å². The molecule has 0 fully saturated rings. The van der Waals surface area contributed by atoms with E-state index < -0.39 is 10.9 Å². The molecule has 2 N–H and O–H groups in total. The van der Waals surface area contributed by atoms with Crippen LogP contribution in [0.2, 0.25) is 10.0 Å². The molecule has 7 nitrogen and oxygen atoms in total. The van der Waals surface area contributed by atoms with E-state index in [1.807, 2.05) is 0 Å². The molecule has 0 unspecified atom stereocenters. The van der Waals surface area contributed by atoms with Crippen LogP contribution in [0.1, 0.15) is 9.67 Å². The second-order valence-corrected chi connectivity index (χ2v) is 7.69. The van der Waals surface area contributed by atoms with Crippen molar-refractivity contribution in [2.75, 3.05) is 17.7 Å². The highest BCUT2D eigenvalue weighted by Gasteiger charge is 2.18. The van der Waals surface area contributed by atoms with Gasteiger partial charge in [-0.1, -0.05) is 23.2 Å². The monoisotopic (exact) mass is 455 g/mol. The number of non-ortho nitro benzene ring substituents is 1. The lowest BCUT2D eigenvalue weighted by Gasteiger charge is -2.11. The number of carbonyl (C=O) groups is 1. The number of thiocarbonyl (C=S) groups is 1. The van der Waals surface area contributed by atoms with Crippen molar-refractivity contribution in [3.63, 3.8) is 0 Å². The summed E-state index contributed by atoms with van der Waals surface area (Å²) in [7, 11) is 1.30. The molecule has 0 radical (unpaired) electrons. The van der Waals surface area contributed by atoms with Crippen LogP contribution >= 0.6 is 46.8 Å². The van der Waals surface area contributed by atoms with Crippen molar-refractivity contribution in [1.29, 1.82) is 0 Å². The van der Waals surface area contributed by atoms with Crippen LogP contribution in [-0.4, -0.2) is 23.1 Å². The van der Waals surface area contributed by atoms with Crippen molar-refractivity contribution in [3.05, 3.63) is 61.4 Å². The number of nitro groups is 1. The third-order valence-corrected chi connectivity index (χ3v) is 5.82. The first kappa shape index (κ1) is 20.3. The maximum atomic E-state index is 11.8. The van der Waals surface area contributed by atoms with Crippen LogP contribution in [0.15, 0.2) is 36.4 Å². The van der Waals surface area contributed by atoms with Crippen LogP contribution in [0.5, 0.6) is 0 Å². The Morgan fingerprint density at radius 1 is 1.21 bits per heavy atom. The summed E-state index contributed by atoms with van der Waals surface area (Å²) in [5.74, 6) is -0.495. The van der Waals surface area contributed by atoms with Crippen LogP contribution in [0, 0.1) is 10.1 Å². The molecule has 0 aliphatic heterocycles. The smallest absolute Gasteiger partial charge is 0.349 e. The lowest BCUT2D eigenvalue weighted by Crippen LogP contribution is -2.19. The number of esters is 1. The Balaban J connectivity index is 1.78. The van der Waals surface area contributed by atoms with Gasteiger partial charge in [-0.25, -0.2) is 4.79 Å². The number of anilines is 2. The van der Waals surface area contributed by atoms with E-state index in [1.54, 1.807) is 18.2 Å². The van der Waals surface area contributed by atoms with Gasteiger partial charge in [-0.15, -0.1) is 11.3 Å². The zero-order valence-corrected chi connectivity index (χ0v) is 17.3. The summed E-state index contributed by atoms with van der Waals surface area (Å²) in [5, 5.41) is 18.1. The first-order valence-corrected chi connectivity index (χ1v) is 9.60. The van der Waals surface area contributed by atoms with Gasteiger partial charge in [0, 0.05) is 27.9 Å². The number of methoxy groups -OCH3 is 1. The summed E-state index contributed by atoms with van der Waals surface area (Å²) >= 11 is 18.8. The standard InChI is InChI=1S/C17H11Cl2N3O4S2/c1-26-16(23)15-14(19)10-4-2-8(6-13(10)28-15)20-17(27)21-12-5-3-9(22(24)25)7-11(12)18/h2-7H,1H3,(H2,20,21,27). The van der Waals surface area contributed by atoms with E-state index in [-0.39, 0.29) is 15.8 Å². The maximum Gasteiger partial charge on any atom is 0.349 e. The zero-order chi connectivity index (χ0) is 20.4. The number of ether oxygens (including phenoxy) is 1. The van der Waals surface area contributed by atoms with E-state index in [2.05, 4.69) is 10.6 Å². The van der Waals surface area contributed by atoms with Crippen LogP contribution in [0.3, 0.4) is 0 Å². The second-order valence-electron chi connectivity index (χ2n) is 5.45. The number of thiophene rings is 1. The molecule has 3 aromatic rings. The number of nitrogens with zero attached hydrogens (tertiary/aromatic N) is 1. The van der Waals surface area contributed by atoms with Crippen molar-refractivity contribution in [2.24, 2.45) is 0 Å². The molecule has 144 valence electrons. The van der Waals surface area contributed by atoms with Gasteiger partial charge in [0.1, 0.15) is 4.88 Å². The minimum atomic E-state index is -0.532. The predicted octanol–water partition coefficient (Wildman–Crippen LogP) is 5.71. The minimum Gasteiger partial charge on any atom is -0.465 e. The van der Waals surface area contributed by atoms with Crippen LogP contribution < -0.4 is 10.6 Å².